The molecule has 2 atom stereocenters. The number of benzene rings is 2. The zero-order chi connectivity index (χ0) is 18.2. The molecule has 27 heavy (non-hydrogen) atoms. The molecule has 0 unspecified atom stereocenters. The Morgan fingerprint density at radius 2 is 1.89 bits per heavy atom. The summed E-state index contributed by atoms with van der Waals surface area (Å²) in [5, 5.41) is 9.24. The SMILES string of the molecule is C/C(=C\c1ccccc1)[C@@H]1Oc2ccccc2[C@H]2CC(c3cccs3)=NN21. The normalized spacial score (nSPS) is 21.3. The molecule has 0 saturated carbocycles. The van der Waals surface area contributed by atoms with Gasteiger partial charge in [-0.1, -0.05) is 60.7 Å². The molecule has 2 aliphatic heterocycles. The van der Waals surface area contributed by atoms with E-state index in [1.807, 2.05) is 12.1 Å². The number of ether oxygens (including phenoxy) is 1. The van der Waals surface area contributed by atoms with Crippen LogP contribution in [0.2, 0.25) is 0 Å². The van der Waals surface area contributed by atoms with Crippen LogP contribution in [0.25, 0.3) is 6.08 Å². The van der Waals surface area contributed by atoms with Gasteiger partial charge in [-0.3, -0.25) is 0 Å². The maximum atomic E-state index is 6.40. The lowest BCUT2D eigenvalue weighted by Gasteiger charge is -2.38. The maximum Gasteiger partial charge on any atom is 0.209 e. The van der Waals surface area contributed by atoms with E-state index in [-0.39, 0.29) is 12.3 Å². The van der Waals surface area contributed by atoms with Gasteiger partial charge in [0, 0.05) is 12.0 Å². The van der Waals surface area contributed by atoms with Crippen LogP contribution in [0.5, 0.6) is 5.75 Å². The Bertz CT molecular complexity index is 1010. The number of para-hydroxylation sites is 1. The van der Waals surface area contributed by atoms with E-state index in [4.69, 9.17) is 9.84 Å². The van der Waals surface area contributed by atoms with Crippen LogP contribution in [-0.2, 0) is 0 Å². The molecule has 134 valence electrons. The molecule has 5 rings (SSSR count). The standard InChI is InChI=1S/C23H20N2OS/c1-16(14-17-8-3-2-4-9-17)23-25-20(18-10-5-6-11-21(18)26-23)15-19(24-25)22-12-7-13-27-22/h2-14,20,23H,15H2,1H3/b16-14+/t20-,23+/m1/s1. The molecular formula is C23H20N2OS. The van der Waals surface area contributed by atoms with E-state index in [1.54, 1.807) is 11.3 Å². The van der Waals surface area contributed by atoms with Crippen molar-refractivity contribution in [1.29, 1.82) is 0 Å². The summed E-state index contributed by atoms with van der Waals surface area (Å²) in [7, 11) is 0. The summed E-state index contributed by atoms with van der Waals surface area (Å²) in [6.07, 6.45) is 2.91. The molecule has 3 nitrogen and oxygen atoms in total. The summed E-state index contributed by atoms with van der Waals surface area (Å²) in [5.41, 5.74) is 4.69. The van der Waals surface area contributed by atoms with Gasteiger partial charge in [0.1, 0.15) is 5.75 Å². The van der Waals surface area contributed by atoms with Crippen molar-refractivity contribution in [1.82, 2.24) is 5.01 Å². The van der Waals surface area contributed by atoms with Crippen molar-refractivity contribution in [2.45, 2.75) is 25.6 Å². The number of hydrogen-bond acceptors (Lipinski definition) is 4. The lowest BCUT2D eigenvalue weighted by atomic mass is 9.97. The van der Waals surface area contributed by atoms with E-state index >= 15 is 0 Å². The Hall–Kier alpha value is -2.85. The molecule has 2 aliphatic rings. The van der Waals surface area contributed by atoms with Gasteiger partial charge in [-0.05, 0) is 35.6 Å². The van der Waals surface area contributed by atoms with Crippen molar-refractivity contribution in [2.24, 2.45) is 5.10 Å². The fraction of sp³-hybridized carbons (Fsp3) is 0.174. The molecule has 4 heteroatoms. The van der Waals surface area contributed by atoms with Gasteiger partial charge in [-0.25, -0.2) is 5.01 Å². The van der Waals surface area contributed by atoms with Crippen LogP contribution >= 0.6 is 11.3 Å². The number of hydrogen-bond donors (Lipinski definition) is 0. The van der Waals surface area contributed by atoms with Gasteiger partial charge in [0.2, 0.25) is 6.23 Å². The summed E-state index contributed by atoms with van der Waals surface area (Å²) in [5.74, 6) is 0.965. The molecule has 0 aliphatic carbocycles. The number of nitrogens with zero attached hydrogens (tertiary/aromatic N) is 2. The highest BCUT2D eigenvalue weighted by Crippen LogP contribution is 2.44. The number of rotatable bonds is 3. The van der Waals surface area contributed by atoms with Crippen LogP contribution in [0, 0.1) is 0 Å². The monoisotopic (exact) mass is 372 g/mol. The van der Waals surface area contributed by atoms with Gasteiger partial charge in [-0.2, -0.15) is 5.10 Å². The average Bonchev–Trinajstić information content (AvgIpc) is 3.38. The largest absolute Gasteiger partial charge is 0.465 e. The molecule has 3 aromatic rings. The summed E-state index contributed by atoms with van der Waals surface area (Å²) in [6, 6.07) is 23.2. The van der Waals surface area contributed by atoms with Gasteiger partial charge in [-0.15, -0.1) is 11.3 Å². The van der Waals surface area contributed by atoms with Crippen LogP contribution in [0.4, 0.5) is 0 Å². The number of hydrazone groups is 1. The zero-order valence-corrected chi connectivity index (χ0v) is 15.9. The molecule has 0 fully saturated rings. The Labute approximate surface area is 163 Å². The highest BCUT2D eigenvalue weighted by molar-refractivity contribution is 7.12. The number of thiophene rings is 1. The van der Waals surface area contributed by atoms with Crippen molar-refractivity contribution >= 4 is 23.1 Å². The first-order chi connectivity index (χ1) is 13.3. The Morgan fingerprint density at radius 1 is 1.07 bits per heavy atom. The van der Waals surface area contributed by atoms with Crippen molar-refractivity contribution in [3.63, 3.8) is 0 Å². The topological polar surface area (TPSA) is 24.8 Å². The van der Waals surface area contributed by atoms with Crippen molar-refractivity contribution in [2.75, 3.05) is 0 Å². The highest BCUT2D eigenvalue weighted by atomic mass is 32.1. The Kier molecular flexibility index (Phi) is 4.06. The minimum Gasteiger partial charge on any atom is -0.465 e. The average molecular weight is 372 g/mol. The third kappa shape index (κ3) is 2.96. The summed E-state index contributed by atoms with van der Waals surface area (Å²) in [4.78, 5) is 1.24. The van der Waals surface area contributed by atoms with E-state index in [0.717, 1.165) is 23.5 Å². The fourth-order valence-corrected chi connectivity index (χ4v) is 4.53. The third-order valence-electron chi connectivity index (χ3n) is 5.09. The molecule has 3 heterocycles. The van der Waals surface area contributed by atoms with E-state index in [2.05, 4.69) is 78.0 Å². The second kappa shape index (κ2) is 6.71. The fourth-order valence-electron chi connectivity index (χ4n) is 3.81. The van der Waals surface area contributed by atoms with E-state index in [9.17, 15) is 0 Å². The van der Waals surface area contributed by atoms with E-state index in [1.165, 1.54) is 16.0 Å². The molecule has 1 aromatic heterocycles. The Balaban J connectivity index is 1.56. The van der Waals surface area contributed by atoms with Crippen LogP contribution in [-0.4, -0.2) is 16.9 Å². The molecule has 2 aromatic carbocycles. The van der Waals surface area contributed by atoms with Crippen LogP contribution in [0.15, 0.2) is 82.8 Å². The quantitative estimate of drug-likeness (QED) is 0.587. The van der Waals surface area contributed by atoms with Crippen molar-refractivity contribution in [3.05, 3.63) is 93.7 Å². The minimum atomic E-state index is -0.192. The lowest BCUT2D eigenvalue weighted by molar-refractivity contribution is 0.00965. The first-order valence-corrected chi connectivity index (χ1v) is 10.1. The summed E-state index contributed by atoms with van der Waals surface area (Å²) >= 11 is 1.75. The second-order valence-electron chi connectivity index (χ2n) is 6.93. The first kappa shape index (κ1) is 16.3. The third-order valence-corrected chi connectivity index (χ3v) is 6.01. The molecule has 0 amide bonds. The van der Waals surface area contributed by atoms with E-state index in [0.29, 0.717) is 0 Å². The van der Waals surface area contributed by atoms with E-state index < -0.39 is 0 Å². The van der Waals surface area contributed by atoms with Crippen LogP contribution in [0.3, 0.4) is 0 Å². The summed E-state index contributed by atoms with van der Waals surface area (Å²) in [6.45, 7) is 2.13. The first-order valence-electron chi connectivity index (χ1n) is 9.18. The summed E-state index contributed by atoms with van der Waals surface area (Å²) < 4.78 is 6.40. The van der Waals surface area contributed by atoms with Gasteiger partial charge in [0.15, 0.2) is 0 Å². The second-order valence-corrected chi connectivity index (χ2v) is 7.88. The van der Waals surface area contributed by atoms with Gasteiger partial charge in [0.05, 0.1) is 16.6 Å². The predicted molar refractivity (Wildman–Crippen MR) is 111 cm³/mol. The zero-order valence-electron chi connectivity index (χ0n) is 15.1. The predicted octanol–water partition coefficient (Wildman–Crippen LogP) is 5.72. The molecule has 0 bridgehead atoms. The van der Waals surface area contributed by atoms with Crippen LogP contribution in [0.1, 0.15) is 35.4 Å². The number of fused-ring (bicyclic) bond motifs is 3. The Morgan fingerprint density at radius 3 is 2.70 bits per heavy atom. The smallest absolute Gasteiger partial charge is 0.209 e. The molecule has 0 spiro atoms. The lowest BCUT2D eigenvalue weighted by Crippen LogP contribution is -2.41. The van der Waals surface area contributed by atoms with Crippen LogP contribution < -0.4 is 4.74 Å². The van der Waals surface area contributed by atoms with Gasteiger partial charge >= 0.3 is 0 Å². The minimum absolute atomic E-state index is 0.192. The molecule has 0 radical (unpaired) electrons. The molecular weight excluding hydrogens is 352 g/mol. The highest BCUT2D eigenvalue weighted by Gasteiger charge is 2.40. The van der Waals surface area contributed by atoms with Crippen molar-refractivity contribution in [3.8, 4) is 5.75 Å². The molecule has 0 saturated heterocycles. The van der Waals surface area contributed by atoms with Gasteiger partial charge in [0.25, 0.3) is 0 Å². The maximum absolute atomic E-state index is 6.40. The van der Waals surface area contributed by atoms with Crippen molar-refractivity contribution < 1.29 is 4.74 Å². The van der Waals surface area contributed by atoms with Gasteiger partial charge < -0.3 is 4.74 Å². The molecule has 0 N–H and O–H groups in total.